The number of aryl methyl sites for hydroxylation is 4. The number of aromatic nitrogens is 4. The number of ether oxygens (including phenoxy) is 2. The van der Waals surface area contributed by atoms with Crippen molar-refractivity contribution < 1.29 is 38.6 Å². The van der Waals surface area contributed by atoms with Crippen LogP contribution in [-0.4, -0.2) is 149 Å². The maximum Gasteiger partial charge on any atom is 0.270 e. The zero-order valence-corrected chi connectivity index (χ0v) is 43.2. The van der Waals surface area contributed by atoms with Gasteiger partial charge in [0.25, 0.3) is 5.91 Å². The van der Waals surface area contributed by atoms with Crippen molar-refractivity contribution in [1.82, 2.24) is 35.5 Å². The highest BCUT2D eigenvalue weighted by Gasteiger charge is 2.22. The van der Waals surface area contributed by atoms with Gasteiger partial charge in [-0.2, -0.15) is 10.2 Å². The second-order valence-electron chi connectivity index (χ2n) is 14.7. The van der Waals surface area contributed by atoms with Crippen molar-refractivity contribution >= 4 is 73.1 Å². The molecule has 4 aromatic rings. The van der Waals surface area contributed by atoms with E-state index in [0.717, 1.165) is 31.9 Å². The van der Waals surface area contributed by atoms with Crippen LogP contribution in [0.4, 0.5) is 22.7 Å². The Kier molecular flexibility index (Phi) is 30.7. The SMILES string of the molecule is C=Nc1cc(C=O)cc(OC)c1N(C/C=C/CN(CNC)c1c(N=C)cc(C(N)=O)cc1OC/C=C/CN=C/C(=C\N)NCCC=O)CNC(=O)c1cc(C)nn1CC.CCn1nc(C)cc1C=O.CN.CO. The van der Waals surface area contributed by atoms with E-state index in [1.807, 2.05) is 49.6 Å². The molecule has 23 nitrogen and oxygen atoms in total. The fourth-order valence-corrected chi connectivity index (χ4v) is 6.68. The molecule has 0 bridgehead atoms. The van der Waals surface area contributed by atoms with Gasteiger partial charge in [-0.05, 0) is 97.7 Å². The molecule has 10 N–H and O–H groups in total. The summed E-state index contributed by atoms with van der Waals surface area (Å²) >= 11 is 0. The summed E-state index contributed by atoms with van der Waals surface area (Å²) in [6.45, 7) is 18.2. The van der Waals surface area contributed by atoms with E-state index in [9.17, 15) is 24.0 Å². The van der Waals surface area contributed by atoms with Crippen LogP contribution in [0.3, 0.4) is 0 Å². The highest BCUT2D eigenvalue weighted by Crippen LogP contribution is 2.40. The highest BCUT2D eigenvalue weighted by molar-refractivity contribution is 5.96. The largest absolute Gasteiger partial charge is 0.494 e. The number of aldehydes is 3. The number of amides is 2. The van der Waals surface area contributed by atoms with Crippen molar-refractivity contribution in [3.05, 3.63) is 107 Å². The Morgan fingerprint density at radius 1 is 0.822 bits per heavy atom. The zero-order valence-electron chi connectivity index (χ0n) is 43.2. The van der Waals surface area contributed by atoms with Gasteiger partial charge in [-0.25, -0.2) is 0 Å². The van der Waals surface area contributed by atoms with Gasteiger partial charge in [0, 0.05) is 69.8 Å². The number of aliphatic imine (C=N–C) groups is 3. The summed E-state index contributed by atoms with van der Waals surface area (Å²) in [5, 5.41) is 24.6. The summed E-state index contributed by atoms with van der Waals surface area (Å²) in [5.74, 6) is -0.270. The number of benzene rings is 2. The highest BCUT2D eigenvalue weighted by atomic mass is 16.5. The number of anilines is 2. The molecule has 0 aliphatic heterocycles. The number of hydrogen-bond donors (Lipinski definition) is 7. The number of primary amides is 1. The van der Waals surface area contributed by atoms with Crippen LogP contribution in [0.2, 0.25) is 0 Å². The van der Waals surface area contributed by atoms with Gasteiger partial charge in [0.1, 0.15) is 53.4 Å². The molecule has 73 heavy (non-hydrogen) atoms. The lowest BCUT2D eigenvalue weighted by molar-refractivity contribution is -0.107. The van der Waals surface area contributed by atoms with Gasteiger partial charge in [0.2, 0.25) is 5.91 Å². The molecule has 0 saturated carbocycles. The second-order valence-corrected chi connectivity index (χ2v) is 14.7. The average molecular weight is 1010 g/mol. The van der Waals surface area contributed by atoms with E-state index in [1.165, 1.54) is 20.4 Å². The number of hydrogen-bond acceptors (Lipinski definition) is 19. The van der Waals surface area contributed by atoms with Crippen LogP contribution in [-0.2, 0) is 17.9 Å². The lowest BCUT2D eigenvalue weighted by Crippen LogP contribution is -2.39. The van der Waals surface area contributed by atoms with Crippen molar-refractivity contribution in [2.45, 2.75) is 47.2 Å². The van der Waals surface area contributed by atoms with Gasteiger partial charge >= 0.3 is 0 Å². The number of rotatable bonds is 29. The Hall–Kier alpha value is -8.28. The molecule has 23 heteroatoms. The summed E-state index contributed by atoms with van der Waals surface area (Å²) in [5.41, 5.74) is 21.4. The summed E-state index contributed by atoms with van der Waals surface area (Å²) in [7, 11) is 5.77. The molecule has 2 aromatic heterocycles. The van der Waals surface area contributed by atoms with E-state index < -0.39 is 5.91 Å². The second kappa shape index (κ2) is 35.8. The molecular formula is C50H73N15O8. The van der Waals surface area contributed by atoms with E-state index >= 15 is 0 Å². The van der Waals surface area contributed by atoms with Crippen molar-refractivity contribution in [2.75, 3.05) is 84.2 Å². The van der Waals surface area contributed by atoms with E-state index in [4.69, 9.17) is 26.0 Å². The zero-order chi connectivity index (χ0) is 54.7. The molecule has 0 atom stereocenters. The number of nitrogens with zero attached hydrogens (tertiary/aromatic N) is 9. The van der Waals surface area contributed by atoms with E-state index in [0.29, 0.717) is 108 Å². The Bertz CT molecular complexity index is 2510. The van der Waals surface area contributed by atoms with Crippen molar-refractivity contribution in [3.8, 4) is 11.5 Å². The third-order valence-corrected chi connectivity index (χ3v) is 9.84. The van der Waals surface area contributed by atoms with Gasteiger partial charge < -0.3 is 62.3 Å². The van der Waals surface area contributed by atoms with Crippen LogP contribution in [0.5, 0.6) is 11.5 Å². The molecular weight excluding hydrogens is 939 g/mol. The predicted octanol–water partition coefficient (Wildman–Crippen LogP) is 3.42. The lowest BCUT2D eigenvalue weighted by Gasteiger charge is -2.28. The predicted molar refractivity (Wildman–Crippen MR) is 290 cm³/mol. The van der Waals surface area contributed by atoms with Gasteiger partial charge in [-0.15, -0.1) is 0 Å². The van der Waals surface area contributed by atoms with Crippen LogP contribution in [0, 0.1) is 13.8 Å². The molecule has 0 spiro atoms. The molecule has 2 heterocycles. The number of carbonyl (C=O) groups is 5. The quantitative estimate of drug-likeness (QED) is 0.0135. The minimum absolute atomic E-state index is 0.0375. The molecule has 4 rings (SSSR count). The minimum Gasteiger partial charge on any atom is -0.494 e. The molecule has 0 saturated heterocycles. The third-order valence-electron chi connectivity index (χ3n) is 9.84. The molecule has 2 aromatic carbocycles. The molecule has 0 aliphatic carbocycles. The number of aliphatic hydroxyl groups excluding tert-OH is 1. The number of aliphatic hydroxyl groups is 1. The van der Waals surface area contributed by atoms with E-state index in [2.05, 4.69) is 60.3 Å². The summed E-state index contributed by atoms with van der Waals surface area (Å²) in [6.07, 6.45) is 13.0. The third kappa shape index (κ3) is 20.2. The summed E-state index contributed by atoms with van der Waals surface area (Å²) in [6, 6.07) is 9.79. The van der Waals surface area contributed by atoms with Crippen molar-refractivity contribution in [1.29, 1.82) is 0 Å². The molecule has 0 radical (unpaired) electrons. The number of nitrogens with two attached hydrogens (primary N) is 3. The maximum atomic E-state index is 13.4. The maximum absolute atomic E-state index is 13.4. The number of allylic oxidation sites excluding steroid dienone is 1. The van der Waals surface area contributed by atoms with E-state index in [1.54, 1.807) is 71.2 Å². The Balaban J connectivity index is 0.00000166. The Morgan fingerprint density at radius 3 is 1.99 bits per heavy atom. The monoisotopic (exact) mass is 1010 g/mol. The standard InChI is InChI=1S/C41H54N12O6.C7H10N2O.CH5N.CH4O/c1-7-53-35(19-29(2)50-53)41(57)49-28-52(38-33(45-4)20-30(26-55)21-36(38)58-6)16-10-9-15-51(27-44-3)39-34(46-5)22-31(40(43)56)23-37(39)59-18-11-8-13-47-25-32(24-42)48-14-12-17-54;1-3-9-7(5-10)4-6(2)8-9;2*1-2/h8-11,17,19-26,44,48H,4-5,7,12-16,18,27-28,42H2,1-3,6H3,(H2,43,56)(H,49,57);4-5H,3H2,1-2H3;2H2,1H3;2H,1H3/b10-9+,11-8+,32-24+,47-25?;;;. The van der Waals surface area contributed by atoms with Gasteiger partial charge in [0.05, 0.1) is 55.5 Å². The normalized spacial score (nSPS) is 10.8. The molecule has 0 fully saturated rings. The topological polar surface area (TPSA) is 317 Å². The number of carbonyl (C=O) groups excluding carboxylic acids is 5. The first kappa shape index (κ1) is 62.7. The van der Waals surface area contributed by atoms with Gasteiger partial charge in [-0.3, -0.25) is 43.5 Å². The average Bonchev–Trinajstić information content (AvgIpc) is 4.00. The minimum atomic E-state index is -0.659. The number of methoxy groups -OCH3 is 1. The molecule has 396 valence electrons. The van der Waals surface area contributed by atoms with Crippen LogP contribution in [0.15, 0.2) is 87.6 Å². The smallest absolute Gasteiger partial charge is 0.270 e. The summed E-state index contributed by atoms with van der Waals surface area (Å²) < 4.78 is 15.2. The first-order chi connectivity index (χ1) is 35.4. The van der Waals surface area contributed by atoms with Crippen LogP contribution in [0.1, 0.15) is 73.3 Å². The Morgan fingerprint density at radius 2 is 1.44 bits per heavy atom. The molecule has 0 aliphatic rings. The molecule has 2 amide bonds. The van der Waals surface area contributed by atoms with Crippen molar-refractivity contribution in [2.24, 2.45) is 32.2 Å². The molecule has 0 unspecified atom stereocenters. The summed E-state index contributed by atoms with van der Waals surface area (Å²) in [4.78, 5) is 74.8. The van der Waals surface area contributed by atoms with Gasteiger partial charge in [0.15, 0.2) is 6.29 Å². The fraction of sp³-hybridized carbons (Fsp3) is 0.360. The lowest BCUT2D eigenvalue weighted by atomic mass is 10.1. The fourth-order valence-electron chi connectivity index (χ4n) is 6.68. The number of nitrogens with one attached hydrogen (secondary N) is 3. The van der Waals surface area contributed by atoms with Crippen molar-refractivity contribution in [3.63, 3.8) is 0 Å². The van der Waals surface area contributed by atoms with Crippen LogP contribution >= 0.6 is 0 Å². The van der Waals surface area contributed by atoms with E-state index in [-0.39, 0.29) is 31.3 Å². The van der Waals surface area contributed by atoms with Crippen LogP contribution < -0.4 is 52.4 Å². The first-order valence-electron chi connectivity index (χ1n) is 23.0. The van der Waals surface area contributed by atoms with Gasteiger partial charge in [-0.1, -0.05) is 18.2 Å². The first-order valence-corrected chi connectivity index (χ1v) is 23.0. The van der Waals surface area contributed by atoms with Crippen LogP contribution in [0.25, 0.3) is 0 Å². The Labute approximate surface area is 427 Å².